The van der Waals surface area contributed by atoms with Crippen LogP contribution in [-0.4, -0.2) is 79.4 Å². The number of hydrogen-bond acceptors (Lipinski definition) is 5. The summed E-state index contributed by atoms with van der Waals surface area (Å²) in [7, 11) is 0. The van der Waals surface area contributed by atoms with Gasteiger partial charge < -0.3 is 19.3 Å². The minimum absolute atomic E-state index is 0.0556. The van der Waals surface area contributed by atoms with Crippen LogP contribution in [0.5, 0.6) is 0 Å². The van der Waals surface area contributed by atoms with Crippen molar-refractivity contribution in [2.45, 2.75) is 52.2 Å². The molecule has 0 spiro atoms. The predicted octanol–water partition coefficient (Wildman–Crippen LogP) is -0.130. The number of likely N-dealkylation sites (tertiary alicyclic amines) is 1. The summed E-state index contributed by atoms with van der Waals surface area (Å²) in [5.41, 5.74) is 0. The number of carbonyl (C=O) groups is 3. The molecule has 3 heterocycles. The van der Waals surface area contributed by atoms with Crippen molar-refractivity contribution in [3.8, 4) is 0 Å². The van der Waals surface area contributed by atoms with E-state index in [-0.39, 0.29) is 30.8 Å². The van der Waals surface area contributed by atoms with Crippen LogP contribution in [0.4, 0.5) is 0 Å². The summed E-state index contributed by atoms with van der Waals surface area (Å²) in [6, 6.07) is -0.522. The third-order valence-electron chi connectivity index (χ3n) is 5.16. The molecule has 9 nitrogen and oxygen atoms in total. The standard InChI is InChI=1S/C17H26N6O3/c1-3-20-12-18-19-14(20)10-23-13(2)17(26)22(11-16(23)25)9-5-8-21-7-4-6-15(21)24/h12-13H,3-11H2,1-2H3/t13-/m0/s1. The minimum atomic E-state index is -0.522. The number of piperazine rings is 1. The van der Waals surface area contributed by atoms with Gasteiger partial charge in [-0.1, -0.05) is 0 Å². The van der Waals surface area contributed by atoms with Crippen molar-refractivity contribution in [3.63, 3.8) is 0 Å². The quantitative estimate of drug-likeness (QED) is 0.674. The SMILES string of the molecule is CCn1cnnc1CN1C(=O)CN(CCCN2CCCC2=O)C(=O)[C@@H]1C. The second kappa shape index (κ2) is 7.84. The number of rotatable bonds is 7. The highest BCUT2D eigenvalue weighted by atomic mass is 16.2. The van der Waals surface area contributed by atoms with E-state index >= 15 is 0 Å². The van der Waals surface area contributed by atoms with Crippen LogP contribution in [0.15, 0.2) is 6.33 Å². The fourth-order valence-corrected chi connectivity index (χ4v) is 3.57. The van der Waals surface area contributed by atoms with Gasteiger partial charge in [-0.15, -0.1) is 10.2 Å². The molecule has 0 aliphatic carbocycles. The van der Waals surface area contributed by atoms with Crippen LogP contribution >= 0.6 is 0 Å². The summed E-state index contributed by atoms with van der Waals surface area (Å²) >= 11 is 0. The number of aryl methyl sites for hydroxylation is 1. The first-order chi connectivity index (χ1) is 12.5. The topological polar surface area (TPSA) is 91.6 Å². The summed E-state index contributed by atoms with van der Waals surface area (Å²) in [6.07, 6.45) is 3.85. The van der Waals surface area contributed by atoms with Crippen molar-refractivity contribution >= 4 is 17.7 Å². The summed E-state index contributed by atoms with van der Waals surface area (Å²) in [6.45, 7) is 6.76. The van der Waals surface area contributed by atoms with Gasteiger partial charge in [0.2, 0.25) is 17.7 Å². The van der Waals surface area contributed by atoms with Gasteiger partial charge in [-0.3, -0.25) is 14.4 Å². The van der Waals surface area contributed by atoms with Crippen molar-refractivity contribution < 1.29 is 14.4 Å². The molecule has 1 aromatic heterocycles. The van der Waals surface area contributed by atoms with Crippen LogP contribution in [0.2, 0.25) is 0 Å². The zero-order valence-electron chi connectivity index (χ0n) is 15.4. The van der Waals surface area contributed by atoms with Gasteiger partial charge in [0.1, 0.15) is 12.4 Å². The van der Waals surface area contributed by atoms with Crippen molar-refractivity contribution in [3.05, 3.63) is 12.2 Å². The van der Waals surface area contributed by atoms with Crippen LogP contribution in [0.25, 0.3) is 0 Å². The highest BCUT2D eigenvalue weighted by molar-refractivity contribution is 5.94. The van der Waals surface area contributed by atoms with Crippen LogP contribution < -0.4 is 0 Å². The van der Waals surface area contributed by atoms with Gasteiger partial charge in [0.15, 0.2) is 5.82 Å². The van der Waals surface area contributed by atoms with E-state index in [4.69, 9.17) is 0 Å². The Morgan fingerprint density at radius 3 is 2.62 bits per heavy atom. The molecule has 0 bridgehead atoms. The second-order valence-corrected chi connectivity index (χ2v) is 6.83. The predicted molar refractivity (Wildman–Crippen MR) is 92.7 cm³/mol. The summed E-state index contributed by atoms with van der Waals surface area (Å²) < 4.78 is 1.86. The highest BCUT2D eigenvalue weighted by Gasteiger charge is 2.37. The zero-order valence-corrected chi connectivity index (χ0v) is 15.4. The molecule has 1 atom stereocenters. The third kappa shape index (κ3) is 3.71. The normalized spacial score (nSPS) is 21.2. The Hall–Kier alpha value is -2.45. The zero-order chi connectivity index (χ0) is 18.7. The molecule has 142 valence electrons. The molecule has 0 radical (unpaired) electrons. The Morgan fingerprint density at radius 2 is 1.92 bits per heavy atom. The molecule has 9 heteroatoms. The van der Waals surface area contributed by atoms with E-state index in [2.05, 4.69) is 10.2 Å². The molecule has 1 aromatic rings. The van der Waals surface area contributed by atoms with Crippen molar-refractivity contribution in [1.82, 2.24) is 29.5 Å². The molecule has 0 saturated carbocycles. The van der Waals surface area contributed by atoms with Gasteiger partial charge in [0.25, 0.3) is 0 Å². The molecular weight excluding hydrogens is 336 g/mol. The molecule has 2 saturated heterocycles. The Morgan fingerprint density at radius 1 is 1.15 bits per heavy atom. The Kier molecular flexibility index (Phi) is 5.53. The van der Waals surface area contributed by atoms with Crippen LogP contribution in [0.3, 0.4) is 0 Å². The van der Waals surface area contributed by atoms with E-state index in [1.54, 1.807) is 23.1 Å². The first kappa shape index (κ1) is 18.3. The number of nitrogens with zero attached hydrogens (tertiary/aromatic N) is 6. The van der Waals surface area contributed by atoms with Crippen LogP contribution in [0.1, 0.15) is 38.9 Å². The third-order valence-corrected chi connectivity index (χ3v) is 5.16. The lowest BCUT2D eigenvalue weighted by molar-refractivity contribution is -0.156. The molecule has 3 rings (SSSR count). The molecule has 3 amide bonds. The number of amides is 3. The van der Waals surface area contributed by atoms with E-state index in [1.165, 1.54) is 0 Å². The molecule has 0 unspecified atom stereocenters. The van der Waals surface area contributed by atoms with Crippen molar-refractivity contribution in [1.29, 1.82) is 0 Å². The smallest absolute Gasteiger partial charge is 0.245 e. The lowest BCUT2D eigenvalue weighted by Gasteiger charge is -2.38. The van der Waals surface area contributed by atoms with Gasteiger partial charge in [-0.25, -0.2) is 0 Å². The minimum Gasteiger partial charge on any atom is -0.343 e. The van der Waals surface area contributed by atoms with Gasteiger partial charge in [0, 0.05) is 32.6 Å². The monoisotopic (exact) mass is 362 g/mol. The maximum absolute atomic E-state index is 12.7. The molecule has 0 aromatic carbocycles. The van der Waals surface area contributed by atoms with Crippen molar-refractivity contribution in [2.24, 2.45) is 0 Å². The van der Waals surface area contributed by atoms with E-state index in [0.29, 0.717) is 38.3 Å². The van der Waals surface area contributed by atoms with Crippen LogP contribution in [-0.2, 0) is 27.5 Å². The summed E-state index contributed by atoms with van der Waals surface area (Å²) in [5.74, 6) is 0.729. The Labute approximate surface area is 152 Å². The lowest BCUT2D eigenvalue weighted by Crippen LogP contribution is -2.58. The molecule has 2 aliphatic heterocycles. The van der Waals surface area contributed by atoms with Gasteiger partial charge >= 0.3 is 0 Å². The van der Waals surface area contributed by atoms with Gasteiger partial charge in [0.05, 0.1) is 13.1 Å². The van der Waals surface area contributed by atoms with E-state index in [1.807, 2.05) is 16.4 Å². The maximum Gasteiger partial charge on any atom is 0.245 e. The first-order valence-electron chi connectivity index (χ1n) is 9.24. The summed E-state index contributed by atoms with van der Waals surface area (Å²) in [5, 5.41) is 7.93. The van der Waals surface area contributed by atoms with Crippen LogP contribution in [0, 0.1) is 0 Å². The maximum atomic E-state index is 12.7. The lowest BCUT2D eigenvalue weighted by atomic mass is 10.1. The number of carbonyl (C=O) groups excluding carboxylic acids is 3. The van der Waals surface area contributed by atoms with Crippen molar-refractivity contribution in [2.75, 3.05) is 26.2 Å². The fraction of sp³-hybridized carbons (Fsp3) is 0.706. The van der Waals surface area contributed by atoms with E-state index in [9.17, 15) is 14.4 Å². The van der Waals surface area contributed by atoms with E-state index < -0.39 is 6.04 Å². The molecule has 2 fully saturated rings. The highest BCUT2D eigenvalue weighted by Crippen LogP contribution is 2.16. The average Bonchev–Trinajstić information content (AvgIpc) is 3.24. The summed E-state index contributed by atoms with van der Waals surface area (Å²) in [4.78, 5) is 41.9. The Bertz CT molecular complexity index is 688. The average molecular weight is 362 g/mol. The van der Waals surface area contributed by atoms with Gasteiger partial charge in [-0.2, -0.15) is 0 Å². The Balaban J connectivity index is 1.55. The van der Waals surface area contributed by atoms with Gasteiger partial charge in [-0.05, 0) is 26.7 Å². The molecule has 0 N–H and O–H groups in total. The number of aromatic nitrogens is 3. The largest absolute Gasteiger partial charge is 0.343 e. The second-order valence-electron chi connectivity index (χ2n) is 6.83. The molecule has 2 aliphatic rings. The number of hydrogen-bond donors (Lipinski definition) is 0. The molecular formula is C17H26N6O3. The molecule has 26 heavy (non-hydrogen) atoms. The fourth-order valence-electron chi connectivity index (χ4n) is 3.57. The van der Waals surface area contributed by atoms with E-state index in [0.717, 1.165) is 13.0 Å². The first-order valence-corrected chi connectivity index (χ1v) is 9.24.